The maximum atomic E-state index is 12.8. The van der Waals surface area contributed by atoms with Gasteiger partial charge in [0.25, 0.3) is 5.91 Å². The Bertz CT molecular complexity index is 808. The molecule has 0 bridgehead atoms. The molecule has 2 atom stereocenters. The monoisotopic (exact) mass is 370 g/mol. The van der Waals surface area contributed by atoms with E-state index in [0.717, 1.165) is 49.3 Å². The van der Waals surface area contributed by atoms with Crippen molar-refractivity contribution in [3.8, 4) is 0 Å². The molecule has 7 heteroatoms. The fourth-order valence-electron chi connectivity index (χ4n) is 4.28. The molecule has 0 aromatic carbocycles. The largest absolute Gasteiger partial charge is 0.357 e. The van der Waals surface area contributed by atoms with Crippen LogP contribution in [0.5, 0.6) is 0 Å². The highest BCUT2D eigenvalue weighted by molar-refractivity contribution is 6.04. The summed E-state index contributed by atoms with van der Waals surface area (Å²) in [4.78, 5) is 20.0. The second kappa shape index (κ2) is 7.84. The van der Waals surface area contributed by atoms with Crippen LogP contribution in [0.15, 0.2) is 12.1 Å². The molecule has 2 aliphatic heterocycles. The lowest BCUT2D eigenvalue weighted by molar-refractivity contribution is 0.0921. The fourth-order valence-corrected chi connectivity index (χ4v) is 4.28. The first kappa shape index (κ1) is 18.2. The van der Waals surface area contributed by atoms with Gasteiger partial charge in [0.15, 0.2) is 11.3 Å². The number of anilines is 1. The Hall–Kier alpha value is -2.15. The normalized spacial score (nSPS) is 24.0. The SMILES string of the molecule is C[C@H]1C[C@H](NC(=O)c2nn(C)c3nc(N4CCCCCC4)ccc23)CCN1. The van der Waals surface area contributed by atoms with Gasteiger partial charge in [0.05, 0.1) is 5.39 Å². The maximum absolute atomic E-state index is 12.8. The Labute approximate surface area is 160 Å². The van der Waals surface area contributed by atoms with Crippen molar-refractivity contribution in [1.82, 2.24) is 25.4 Å². The van der Waals surface area contributed by atoms with Crippen LogP contribution in [-0.4, -0.2) is 52.4 Å². The molecular weight excluding hydrogens is 340 g/mol. The molecule has 0 radical (unpaired) electrons. The van der Waals surface area contributed by atoms with Gasteiger partial charge in [-0.25, -0.2) is 9.67 Å². The molecule has 4 heterocycles. The van der Waals surface area contributed by atoms with Crippen molar-refractivity contribution in [3.05, 3.63) is 17.8 Å². The summed E-state index contributed by atoms with van der Waals surface area (Å²) < 4.78 is 1.73. The molecular formula is C20H30N6O. The number of hydrogen-bond acceptors (Lipinski definition) is 5. The Morgan fingerprint density at radius 2 is 2.00 bits per heavy atom. The molecule has 2 fully saturated rings. The lowest BCUT2D eigenvalue weighted by Gasteiger charge is -2.28. The number of nitrogens with zero attached hydrogens (tertiary/aromatic N) is 4. The average molecular weight is 371 g/mol. The smallest absolute Gasteiger partial charge is 0.272 e. The predicted octanol–water partition coefficient (Wildman–Crippen LogP) is 2.22. The third kappa shape index (κ3) is 3.93. The van der Waals surface area contributed by atoms with E-state index in [1.54, 1.807) is 4.68 Å². The highest BCUT2D eigenvalue weighted by Crippen LogP contribution is 2.23. The fraction of sp³-hybridized carbons (Fsp3) is 0.650. The number of carbonyl (C=O) groups excluding carboxylic acids is 1. The number of aryl methyl sites for hydroxylation is 1. The summed E-state index contributed by atoms with van der Waals surface area (Å²) in [6, 6.07) is 4.69. The van der Waals surface area contributed by atoms with Crippen LogP contribution in [-0.2, 0) is 7.05 Å². The molecule has 0 saturated carbocycles. The minimum Gasteiger partial charge on any atom is -0.357 e. The maximum Gasteiger partial charge on any atom is 0.272 e. The minimum atomic E-state index is -0.0935. The van der Waals surface area contributed by atoms with Crippen LogP contribution < -0.4 is 15.5 Å². The average Bonchev–Trinajstić information content (AvgIpc) is 2.84. The zero-order chi connectivity index (χ0) is 18.8. The van der Waals surface area contributed by atoms with Crippen LogP contribution in [0.2, 0.25) is 0 Å². The van der Waals surface area contributed by atoms with Gasteiger partial charge >= 0.3 is 0 Å². The highest BCUT2D eigenvalue weighted by Gasteiger charge is 2.24. The molecule has 0 spiro atoms. The standard InChI is InChI=1S/C20H30N6O/c1-14-13-15(9-10-21-14)22-20(27)18-16-7-8-17(23-19(16)25(2)24-18)26-11-5-3-4-6-12-26/h7-8,14-15,21H,3-6,9-13H2,1-2H3,(H,22,27)/t14-,15+/m0/s1. The van der Waals surface area contributed by atoms with Crippen molar-refractivity contribution >= 4 is 22.8 Å². The van der Waals surface area contributed by atoms with E-state index >= 15 is 0 Å². The summed E-state index contributed by atoms with van der Waals surface area (Å²) in [5.74, 6) is 0.899. The van der Waals surface area contributed by atoms with Gasteiger partial charge in [0, 0.05) is 32.2 Å². The van der Waals surface area contributed by atoms with Crippen molar-refractivity contribution in [2.45, 2.75) is 57.5 Å². The summed E-state index contributed by atoms with van der Waals surface area (Å²) in [7, 11) is 1.87. The van der Waals surface area contributed by atoms with Crippen molar-refractivity contribution < 1.29 is 4.79 Å². The minimum absolute atomic E-state index is 0.0935. The van der Waals surface area contributed by atoms with Gasteiger partial charge in [-0.1, -0.05) is 12.8 Å². The summed E-state index contributed by atoms with van der Waals surface area (Å²) in [6.45, 7) is 5.20. The Balaban J connectivity index is 1.56. The number of aromatic nitrogens is 3. The molecule has 2 saturated heterocycles. The van der Waals surface area contributed by atoms with Crippen molar-refractivity contribution in [3.63, 3.8) is 0 Å². The highest BCUT2D eigenvalue weighted by atomic mass is 16.2. The zero-order valence-electron chi connectivity index (χ0n) is 16.4. The zero-order valence-corrected chi connectivity index (χ0v) is 16.4. The van der Waals surface area contributed by atoms with Gasteiger partial charge in [0.2, 0.25) is 0 Å². The lowest BCUT2D eigenvalue weighted by atomic mass is 10.0. The number of piperidine rings is 1. The summed E-state index contributed by atoms with van der Waals surface area (Å²) in [5.41, 5.74) is 1.26. The van der Waals surface area contributed by atoms with Gasteiger partial charge in [-0.2, -0.15) is 5.10 Å². The van der Waals surface area contributed by atoms with E-state index in [9.17, 15) is 4.79 Å². The molecule has 4 rings (SSSR count). The van der Waals surface area contributed by atoms with Gasteiger partial charge < -0.3 is 15.5 Å². The van der Waals surface area contributed by atoms with Crippen LogP contribution in [0.3, 0.4) is 0 Å². The van der Waals surface area contributed by atoms with Gasteiger partial charge in [-0.05, 0) is 51.3 Å². The van der Waals surface area contributed by atoms with Crippen LogP contribution in [0, 0.1) is 0 Å². The molecule has 0 aliphatic carbocycles. The number of amides is 1. The van der Waals surface area contributed by atoms with E-state index in [4.69, 9.17) is 4.98 Å². The van der Waals surface area contributed by atoms with Crippen LogP contribution in [0.25, 0.3) is 11.0 Å². The van der Waals surface area contributed by atoms with Gasteiger partial charge in [-0.3, -0.25) is 4.79 Å². The Morgan fingerprint density at radius 3 is 2.74 bits per heavy atom. The Morgan fingerprint density at radius 1 is 1.22 bits per heavy atom. The quantitative estimate of drug-likeness (QED) is 0.867. The number of fused-ring (bicyclic) bond motifs is 1. The second-order valence-electron chi connectivity index (χ2n) is 7.96. The van der Waals surface area contributed by atoms with Gasteiger partial charge in [0.1, 0.15) is 5.82 Å². The number of carbonyl (C=O) groups is 1. The van der Waals surface area contributed by atoms with Crippen LogP contribution in [0.1, 0.15) is 55.9 Å². The summed E-state index contributed by atoms with van der Waals surface area (Å²) >= 11 is 0. The molecule has 2 aromatic rings. The van der Waals surface area contributed by atoms with Gasteiger partial charge in [-0.15, -0.1) is 0 Å². The first-order valence-electron chi connectivity index (χ1n) is 10.2. The molecule has 0 unspecified atom stereocenters. The first-order chi connectivity index (χ1) is 13.1. The van der Waals surface area contributed by atoms with Crippen molar-refractivity contribution in [2.75, 3.05) is 24.5 Å². The third-order valence-corrected chi connectivity index (χ3v) is 5.78. The molecule has 27 heavy (non-hydrogen) atoms. The molecule has 2 aromatic heterocycles. The molecule has 2 N–H and O–H groups in total. The lowest BCUT2D eigenvalue weighted by Crippen LogP contribution is -2.46. The number of nitrogens with one attached hydrogen (secondary N) is 2. The number of pyridine rings is 1. The van der Waals surface area contributed by atoms with Crippen molar-refractivity contribution in [2.24, 2.45) is 7.05 Å². The molecule has 146 valence electrons. The molecule has 1 amide bonds. The second-order valence-corrected chi connectivity index (χ2v) is 7.96. The Kier molecular flexibility index (Phi) is 5.29. The van der Waals surface area contributed by atoms with Crippen molar-refractivity contribution in [1.29, 1.82) is 0 Å². The topological polar surface area (TPSA) is 75.1 Å². The van der Waals surface area contributed by atoms with Crippen LogP contribution >= 0.6 is 0 Å². The summed E-state index contributed by atoms with van der Waals surface area (Å²) in [5, 5.41) is 11.9. The van der Waals surface area contributed by atoms with E-state index in [-0.39, 0.29) is 11.9 Å². The van der Waals surface area contributed by atoms with E-state index in [2.05, 4.69) is 27.6 Å². The summed E-state index contributed by atoms with van der Waals surface area (Å²) in [6.07, 6.45) is 6.93. The number of rotatable bonds is 3. The van der Waals surface area contributed by atoms with Crippen LogP contribution in [0.4, 0.5) is 5.82 Å². The number of hydrogen-bond donors (Lipinski definition) is 2. The third-order valence-electron chi connectivity index (χ3n) is 5.78. The predicted molar refractivity (Wildman–Crippen MR) is 107 cm³/mol. The van der Waals surface area contributed by atoms with E-state index in [1.807, 2.05) is 19.2 Å². The van der Waals surface area contributed by atoms with E-state index in [1.165, 1.54) is 25.7 Å². The molecule has 2 aliphatic rings. The molecule has 7 nitrogen and oxygen atoms in total. The van der Waals surface area contributed by atoms with E-state index < -0.39 is 0 Å². The first-order valence-corrected chi connectivity index (χ1v) is 10.2. The van der Waals surface area contributed by atoms with E-state index in [0.29, 0.717) is 11.7 Å².